The van der Waals surface area contributed by atoms with Crippen LogP contribution >= 0.6 is 0 Å². The fourth-order valence-corrected chi connectivity index (χ4v) is 2.74. The van der Waals surface area contributed by atoms with E-state index in [0.717, 1.165) is 5.56 Å². The molecule has 1 amide bonds. The van der Waals surface area contributed by atoms with Crippen LogP contribution < -0.4 is 10.1 Å². The Labute approximate surface area is 132 Å². The Morgan fingerprint density at radius 2 is 2.22 bits per heavy atom. The van der Waals surface area contributed by atoms with Gasteiger partial charge >= 0.3 is 0 Å². The van der Waals surface area contributed by atoms with Crippen LogP contribution in [-0.4, -0.2) is 39.5 Å². The Hall–Kier alpha value is -2.48. The minimum Gasteiger partial charge on any atom is -0.495 e. The number of ether oxygens (including phenoxy) is 1. The largest absolute Gasteiger partial charge is 0.495 e. The molecule has 1 atom stereocenters. The number of hydrogen-bond acceptors (Lipinski definition) is 7. The van der Waals surface area contributed by atoms with Gasteiger partial charge in [0.2, 0.25) is 0 Å². The monoisotopic (exact) mass is 318 g/mol. The number of hydrogen-bond donors (Lipinski definition) is 2. The van der Waals surface area contributed by atoms with E-state index in [1.807, 2.05) is 6.07 Å². The summed E-state index contributed by atoms with van der Waals surface area (Å²) in [6.45, 7) is 1.65. The zero-order valence-corrected chi connectivity index (χ0v) is 12.9. The first-order chi connectivity index (χ1) is 11.1. The lowest BCUT2D eigenvalue weighted by Crippen LogP contribution is -2.41. The Morgan fingerprint density at radius 1 is 1.43 bits per heavy atom. The number of nitrogens with zero attached hydrogens (tertiary/aromatic N) is 3. The van der Waals surface area contributed by atoms with Crippen LogP contribution in [0.4, 0.5) is 0 Å². The molecule has 1 aliphatic rings. The number of methoxy groups -OCH3 is 1. The molecule has 0 bridgehead atoms. The zero-order valence-electron chi connectivity index (χ0n) is 12.9. The summed E-state index contributed by atoms with van der Waals surface area (Å²) in [5.41, 5.74) is 1.41. The van der Waals surface area contributed by atoms with Crippen LogP contribution in [0.25, 0.3) is 0 Å². The number of aliphatic hydroxyl groups excluding tert-OH is 1. The van der Waals surface area contributed by atoms with Gasteiger partial charge in [0.05, 0.1) is 25.5 Å². The molecule has 0 spiro atoms. The van der Waals surface area contributed by atoms with E-state index in [0.29, 0.717) is 24.3 Å². The number of amides is 1. The van der Waals surface area contributed by atoms with Crippen LogP contribution in [0.3, 0.4) is 0 Å². The lowest BCUT2D eigenvalue weighted by atomic mass is 9.75. The van der Waals surface area contributed by atoms with Crippen molar-refractivity contribution in [2.75, 3.05) is 7.11 Å². The average molecular weight is 318 g/mol. The van der Waals surface area contributed by atoms with Gasteiger partial charge in [-0.1, -0.05) is 5.16 Å². The Kier molecular flexibility index (Phi) is 4.24. The van der Waals surface area contributed by atoms with Gasteiger partial charge in [0.1, 0.15) is 11.4 Å². The SMILES string of the molecule is COc1cncc([C@@H](NC(=O)c2nonc2C)C2CC(O)C2)c1. The van der Waals surface area contributed by atoms with Crippen molar-refractivity contribution in [3.8, 4) is 5.75 Å². The summed E-state index contributed by atoms with van der Waals surface area (Å²) in [7, 11) is 1.56. The first kappa shape index (κ1) is 15.4. The highest BCUT2D eigenvalue weighted by molar-refractivity contribution is 5.93. The molecule has 3 rings (SSSR count). The molecule has 8 heteroatoms. The Morgan fingerprint density at radius 3 is 2.83 bits per heavy atom. The van der Waals surface area contributed by atoms with Crippen molar-refractivity contribution in [2.24, 2.45) is 5.92 Å². The summed E-state index contributed by atoms with van der Waals surface area (Å²) in [5.74, 6) is 0.377. The second-order valence-electron chi connectivity index (χ2n) is 5.69. The summed E-state index contributed by atoms with van der Waals surface area (Å²) in [5, 5.41) is 19.8. The molecule has 122 valence electrons. The zero-order chi connectivity index (χ0) is 16.4. The molecule has 2 N–H and O–H groups in total. The van der Waals surface area contributed by atoms with Gasteiger partial charge < -0.3 is 15.2 Å². The lowest BCUT2D eigenvalue weighted by Gasteiger charge is -2.38. The van der Waals surface area contributed by atoms with Crippen molar-refractivity contribution in [3.05, 3.63) is 35.4 Å². The molecule has 0 unspecified atom stereocenters. The van der Waals surface area contributed by atoms with Crippen LogP contribution in [0.15, 0.2) is 23.1 Å². The van der Waals surface area contributed by atoms with Crippen molar-refractivity contribution in [1.29, 1.82) is 0 Å². The summed E-state index contributed by atoms with van der Waals surface area (Å²) in [4.78, 5) is 16.5. The summed E-state index contributed by atoms with van der Waals surface area (Å²) < 4.78 is 9.77. The third kappa shape index (κ3) is 3.16. The molecule has 0 aliphatic heterocycles. The third-order valence-corrected chi connectivity index (χ3v) is 4.10. The first-order valence-electron chi connectivity index (χ1n) is 7.35. The number of aromatic nitrogens is 3. The first-order valence-corrected chi connectivity index (χ1v) is 7.35. The topological polar surface area (TPSA) is 110 Å². The molecule has 2 heterocycles. The van der Waals surface area contributed by atoms with Crippen LogP contribution in [-0.2, 0) is 0 Å². The average Bonchev–Trinajstić information content (AvgIpc) is 2.96. The maximum Gasteiger partial charge on any atom is 0.275 e. The van der Waals surface area contributed by atoms with Crippen LogP contribution in [0.5, 0.6) is 5.75 Å². The van der Waals surface area contributed by atoms with E-state index < -0.39 is 0 Å². The van der Waals surface area contributed by atoms with Crippen LogP contribution in [0.1, 0.15) is 40.6 Å². The van der Waals surface area contributed by atoms with Gasteiger partial charge in [-0.3, -0.25) is 9.78 Å². The molecule has 8 nitrogen and oxygen atoms in total. The van der Waals surface area contributed by atoms with Gasteiger partial charge in [-0.15, -0.1) is 0 Å². The van der Waals surface area contributed by atoms with Crippen molar-refractivity contribution in [1.82, 2.24) is 20.6 Å². The second kappa shape index (κ2) is 6.33. The predicted molar refractivity (Wildman–Crippen MR) is 78.8 cm³/mol. The quantitative estimate of drug-likeness (QED) is 0.847. The van der Waals surface area contributed by atoms with E-state index in [2.05, 4.69) is 25.2 Å². The van der Waals surface area contributed by atoms with Gasteiger partial charge in [0.25, 0.3) is 5.91 Å². The summed E-state index contributed by atoms with van der Waals surface area (Å²) >= 11 is 0. The summed E-state index contributed by atoms with van der Waals surface area (Å²) in [6, 6.07) is 1.54. The summed E-state index contributed by atoms with van der Waals surface area (Å²) in [6.07, 6.45) is 4.21. The third-order valence-electron chi connectivity index (χ3n) is 4.10. The van der Waals surface area contributed by atoms with Crippen LogP contribution in [0, 0.1) is 12.8 Å². The van der Waals surface area contributed by atoms with E-state index in [4.69, 9.17) is 4.74 Å². The lowest BCUT2D eigenvalue weighted by molar-refractivity contribution is 0.0233. The van der Waals surface area contributed by atoms with Gasteiger partial charge in [0.15, 0.2) is 5.69 Å². The van der Waals surface area contributed by atoms with Crippen molar-refractivity contribution < 1.29 is 19.3 Å². The Bertz CT molecular complexity index is 696. The normalized spacial score (nSPS) is 21.3. The number of aryl methyl sites for hydroxylation is 1. The second-order valence-corrected chi connectivity index (χ2v) is 5.69. The fourth-order valence-electron chi connectivity index (χ4n) is 2.74. The fraction of sp³-hybridized carbons (Fsp3) is 0.467. The molecule has 23 heavy (non-hydrogen) atoms. The van der Waals surface area contributed by atoms with Crippen molar-refractivity contribution in [2.45, 2.75) is 31.9 Å². The predicted octanol–water partition coefficient (Wildman–Crippen LogP) is 1.02. The maximum absolute atomic E-state index is 12.4. The number of carbonyl (C=O) groups is 1. The highest BCUT2D eigenvalue weighted by Crippen LogP contribution is 2.38. The van der Waals surface area contributed by atoms with E-state index in [-0.39, 0.29) is 29.7 Å². The molecule has 0 saturated heterocycles. The molecule has 1 aliphatic carbocycles. The van der Waals surface area contributed by atoms with E-state index in [1.54, 1.807) is 26.4 Å². The Balaban J connectivity index is 1.84. The maximum atomic E-state index is 12.4. The molecule has 2 aromatic heterocycles. The van der Waals surface area contributed by atoms with Gasteiger partial charge in [-0.2, -0.15) is 0 Å². The highest BCUT2D eigenvalue weighted by Gasteiger charge is 2.36. The van der Waals surface area contributed by atoms with E-state index >= 15 is 0 Å². The van der Waals surface area contributed by atoms with E-state index in [9.17, 15) is 9.90 Å². The number of carbonyl (C=O) groups excluding carboxylic acids is 1. The van der Waals surface area contributed by atoms with Gasteiger partial charge in [0, 0.05) is 6.20 Å². The minimum absolute atomic E-state index is 0.128. The number of nitrogens with one attached hydrogen (secondary N) is 1. The minimum atomic E-state index is -0.363. The molecular formula is C15H18N4O4. The molecular weight excluding hydrogens is 300 g/mol. The van der Waals surface area contributed by atoms with Crippen molar-refractivity contribution in [3.63, 3.8) is 0 Å². The van der Waals surface area contributed by atoms with Crippen LogP contribution in [0.2, 0.25) is 0 Å². The smallest absolute Gasteiger partial charge is 0.275 e. The highest BCUT2D eigenvalue weighted by atomic mass is 16.6. The molecule has 0 aromatic carbocycles. The molecule has 1 saturated carbocycles. The number of pyridine rings is 1. The molecule has 1 fully saturated rings. The van der Waals surface area contributed by atoms with E-state index in [1.165, 1.54) is 0 Å². The molecule has 0 radical (unpaired) electrons. The van der Waals surface area contributed by atoms with Crippen molar-refractivity contribution >= 4 is 5.91 Å². The van der Waals surface area contributed by atoms with Gasteiger partial charge in [-0.25, -0.2) is 4.63 Å². The standard InChI is InChI=1S/C15H18N4O4/c1-8-13(19-23-18-8)15(21)17-14(9-3-11(20)4-9)10-5-12(22-2)7-16-6-10/h5-7,9,11,14,20H,3-4H2,1-2H3,(H,17,21)/t9?,11?,14-/m0/s1. The molecule has 2 aromatic rings. The van der Waals surface area contributed by atoms with Gasteiger partial charge in [-0.05, 0) is 42.5 Å². The number of aliphatic hydroxyl groups is 1. The number of rotatable bonds is 5.